The maximum Gasteiger partial charge on any atom is 0.230 e. The van der Waals surface area contributed by atoms with E-state index in [1.54, 1.807) is 12.4 Å². The number of anilines is 1. The first-order chi connectivity index (χ1) is 14.2. The van der Waals surface area contributed by atoms with Crippen molar-refractivity contribution in [3.8, 4) is 23.9 Å². The van der Waals surface area contributed by atoms with E-state index in [9.17, 15) is 0 Å². The minimum Gasteiger partial charge on any atom is -0.347 e. The molecule has 1 fully saturated rings. The lowest BCUT2D eigenvalue weighted by Crippen LogP contribution is -2.23. The average Bonchev–Trinajstić information content (AvgIpc) is 3.35. The lowest BCUT2D eigenvalue weighted by molar-refractivity contribution is 0.271. The van der Waals surface area contributed by atoms with Crippen LogP contribution in [-0.4, -0.2) is 48.7 Å². The number of hydrogen-bond acceptors (Lipinski definition) is 8. The van der Waals surface area contributed by atoms with E-state index < -0.39 is 0 Å². The molecule has 9 heteroatoms. The van der Waals surface area contributed by atoms with Crippen LogP contribution in [0.1, 0.15) is 54.9 Å². The number of rotatable bonds is 5. The highest BCUT2D eigenvalue weighted by atomic mass is 16.5. The molecular weight excluding hydrogens is 368 g/mol. The van der Waals surface area contributed by atoms with Gasteiger partial charge in [0, 0.05) is 19.4 Å². The summed E-state index contributed by atoms with van der Waals surface area (Å²) in [5.74, 6) is 4.55. The van der Waals surface area contributed by atoms with Gasteiger partial charge in [0.15, 0.2) is 0 Å². The van der Waals surface area contributed by atoms with E-state index in [0.29, 0.717) is 35.8 Å². The number of aryl methyl sites for hydroxylation is 1. The van der Waals surface area contributed by atoms with Gasteiger partial charge in [-0.3, -0.25) is 0 Å². The summed E-state index contributed by atoms with van der Waals surface area (Å²) in [5.41, 5.74) is 2.92. The van der Waals surface area contributed by atoms with Gasteiger partial charge in [-0.15, -0.1) is 11.5 Å². The zero-order valence-corrected chi connectivity index (χ0v) is 16.3. The van der Waals surface area contributed by atoms with Crippen LogP contribution in [0, 0.1) is 12.3 Å². The van der Waals surface area contributed by atoms with Crippen LogP contribution in [0.4, 0.5) is 5.82 Å². The van der Waals surface area contributed by atoms with Crippen molar-refractivity contribution in [3.05, 3.63) is 29.7 Å². The van der Waals surface area contributed by atoms with E-state index in [4.69, 9.17) is 10.9 Å². The quantitative estimate of drug-likeness (QED) is 0.612. The Bertz CT molecular complexity index is 1040. The molecule has 9 nitrogen and oxygen atoms in total. The number of aromatic nitrogens is 7. The normalized spacial score (nSPS) is 18.7. The van der Waals surface area contributed by atoms with Gasteiger partial charge in [-0.2, -0.15) is 4.98 Å². The van der Waals surface area contributed by atoms with Crippen molar-refractivity contribution in [2.24, 2.45) is 0 Å². The first-order valence-electron chi connectivity index (χ1n) is 9.96. The fourth-order valence-corrected chi connectivity index (χ4v) is 3.89. The lowest BCUT2D eigenvalue weighted by Gasteiger charge is -2.28. The highest BCUT2D eigenvalue weighted by Gasteiger charge is 2.32. The van der Waals surface area contributed by atoms with Gasteiger partial charge in [-0.05, 0) is 32.1 Å². The molecule has 1 unspecified atom stereocenters. The first-order valence-corrected chi connectivity index (χ1v) is 9.96. The molecule has 0 amide bonds. The summed E-state index contributed by atoms with van der Waals surface area (Å²) in [6, 6.07) is 0.504. The van der Waals surface area contributed by atoms with Gasteiger partial charge in [0.1, 0.15) is 11.5 Å². The van der Waals surface area contributed by atoms with E-state index in [0.717, 1.165) is 25.0 Å². The second-order valence-corrected chi connectivity index (χ2v) is 7.73. The van der Waals surface area contributed by atoms with Crippen LogP contribution in [0.2, 0.25) is 0 Å². The average molecular weight is 390 g/mol. The van der Waals surface area contributed by atoms with Crippen molar-refractivity contribution >= 4 is 5.82 Å². The Hall–Kier alpha value is -3.28. The van der Waals surface area contributed by atoms with Crippen molar-refractivity contribution in [1.29, 1.82) is 0 Å². The molecule has 3 aromatic heterocycles. The first kappa shape index (κ1) is 17.8. The van der Waals surface area contributed by atoms with Gasteiger partial charge in [0.2, 0.25) is 11.7 Å². The molecule has 0 aromatic carbocycles. The van der Waals surface area contributed by atoms with Gasteiger partial charge >= 0.3 is 0 Å². The molecule has 2 aliphatic carbocycles. The molecule has 0 radical (unpaired) electrons. The van der Waals surface area contributed by atoms with Crippen LogP contribution in [0.15, 0.2) is 16.9 Å². The van der Waals surface area contributed by atoms with Crippen molar-refractivity contribution < 1.29 is 4.52 Å². The third-order valence-electron chi connectivity index (χ3n) is 5.84. The molecule has 0 N–H and O–H groups in total. The molecule has 0 saturated heterocycles. The van der Waals surface area contributed by atoms with E-state index in [1.165, 1.54) is 25.0 Å². The molecule has 29 heavy (non-hydrogen) atoms. The molecule has 3 heterocycles. The van der Waals surface area contributed by atoms with Crippen LogP contribution in [0.3, 0.4) is 0 Å². The second kappa shape index (κ2) is 7.28. The van der Waals surface area contributed by atoms with Crippen LogP contribution in [-0.2, 0) is 12.8 Å². The Morgan fingerprint density at radius 3 is 2.90 bits per heavy atom. The predicted molar refractivity (Wildman–Crippen MR) is 105 cm³/mol. The monoisotopic (exact) mass is 390 g/mol. The summed E-state index contributed by atoms with van der Waals surface area (Å²) in [7, 11) is 1.87. The lowest BCUT2D eigenvalue weighted by atomic mass is 9.87. The van der Waals surface area contributed by atoms with Gasteiger partial charge < -0.3 is 9.42 Å². The molecule has 0 bridgehead atoms. The Balaban J connectivity index is 1.33. The highest BCUT2D eigenvalue weighted by molar-refractivity contribution is 5.49. The molecule has 3 aromatic rings. The number of nitrogens with zero attached hydrogens (tertiary/aromatic N) is 8. The molecule has 0 spiro atoms. The predicted octanol–water partition coefficient (Wildman–Crippen LogP) is 2.18. The summed E-state index contributed by atoms with van der Waals surface area (Å²) in [6.45, 7) is 0.469. The van der Waals surface area contributed by atoms with E-state index in [1.807, 2.05) is 11.9 Å². The largest absolute Gasteiger partial charge is 0.347 e. The minimum atomic E-state index is 0.176. The Morgan fingerprint density at radius 2 is 2.17 bits per heavy atom. The zero-order chi connectivity index (χ0) is 19.8. The van der Waals surface area contributed by atoms with Crippen molar-refractivity contribution in [2.75, 3.05) is 18.5 Å². The molecule has 0 aliphatic heterocycles. The van der Waals surface area contributed by atoms with E-state index in [-0.39, 0.29) is 5.92 Å². The van der Waals surface area contributed by atoms with Crippen molar-refractivity contribution in [3.63, 3.8) is 0 Å². The molecule has 1 saturated carbocycles. The molecule has 148 valence electrons. The summed E-state index contributed by atoms with van der Waals surface area (Å²) < 4.78 is 7.72. The maximum atomic E-state index is 5.59. The second-order valence-electron chi connectivity index (χ2n) is 7.73. The zero-order valence-electron chi connectivity index (χ0n) is 16.3. The van der Waals surface area contributed by atoms with Gasteiger partial charge in [0.05, 0.1) is 36.4 Å². The van der Waals surface area contributed by atoms with Crippen molar-refractivity contribution in [1.82, 2.24) is 35.1 Å². The van der Waals surface area contributed by atoms with Crippen LogP contribution >= 0.6 is 0 Å². The summed E-state index contributed by atoms with van der Waals surface area (Å²) >= 11 is 0. The maximum absolute atomic E-state index is 5.59. The number of fused-ring (bicyclic) bond motifs is 1. The van der Waals surface area contributed by atoms with Crippen LogP contribution in [0.25, 0.3) is 11.5 Å². The summed E-state index contributed by atoms with van der Waals surface area (Å²) in [5, 5.41) is 12.9. The summed E-state index contributed by atoms with van der Waals surface area (Å²) in [4.78, 5) is 15.3. The third kappa shape index (κ3) is 3.24. The number of terminal acetylenes is 1. The fourth-order valence-electron chi connectivity index (χ4n) is 3.89. The fraction of sp³-hybridized carbons (Fsp3) is 0.500. The molecule has 5 rings (SSSR count). The van der Waals surface area contributed by atoms with Crippen LogP contribution in [0.5, 0.6) is 0 Å². The Kier molecular flexibility index (Phi) is 4.46. The smallest absolute Gasteiger partial charge is 0.230 e. The van der Waals surface area contributed by atoms with Crippen LogP contribution < -0.4 is 4.90 Å². The van der Waals surface area contributed by atoms with E-state index in [2.05, 4.69) is 41.0 Å². The molecular formula is C20H22N8O. The highest BCUT2D eigenvalue weighted by Crippen LogP contribution is 2.37. The number of hydrogen-bond donors (Lipinski definition) is 0. The SMILES string of the molecule is C#CCN(C)c1cnc(-c2noc(C3CCc4nnn(C5CCC5)c4C3)n2)cn1. The topological polar surface area (TPSA) is 98.7 Å². The molecule has 2 aliphatic rings. The van der Waals surface area contributed by atoms with Gasteiger partial charge in [-0.1, -0.05) is 16.3 Å². The Morgan fingerprint density at radius 1 is 1.28 bits per heavy atom. The van der Waals surface area contributed by atoms with Gasteiger partial charge in [-0.25, -0.2) is 14.6 Å². The third-order valence-corrected chi connectivity index (χ3v) is 5.84. The van der Waals surface area contributed by atoms with Gasteiger partial charge in [0.25, 0.3) is 0 Å². The molecule has 1 atom stereocenters. The summed E-state index contributed by atoms with van der Waals surface area (Å²) in [6.07, 6.45) is 15.0. The standard InChI is InChI=1S/C20H22N8O/c1-3-9-27(2)18-12-21-16(11-22-18)19-23-20(29-25-19)13-7-8-15-17(10-13)28(26-24-15)14-5-4-6-14/h1,11-14H,4-10H2,2H3. The minimum absolute atomic E-state index is 0.176. The van der Waals surface area contributed by atoms with E-state index >= 15 is 0 Å². The van der Waals surface area contributed by atoms with Crippen molar-refractivity contribution in [2.45, 2.75) is 50.5 Å². The Labute approximate surface area is 168 Å².